The Hall–Kier alpha value is -2.96. The van der Waals surface area contributed by atoms with Crippen LogP contribution in [0.4, 0.5) is 0 Å². The van der Waals surface area contributed by atoms with Crippen LogP contribution in [0.2, 0.25) is 10.0 Å². The van der Waals surface area contributed by atoms with Crippen molar-refractivity contribution in [2.75, 3.05) is 6.54 Å². The Labute approximate surface area is 195 Å². The van der Waals surface area contributed by atoms with Crippen LogP contribution < -0.4 is 0 Å². The Balaban J connectivity index is 1.70. The minimum absolute atomic E-state index is 0.144. The largest absolute Gasteiger partial charge is 0.292 e. The molecular weight excluding hydrogens is 451 g/mol. The van der Waals surface area contributed by atoms with E-state index in [0.29, 0.717) is 22.0 Å². The molecule has 1 heterocycles. The number of hydrogen-bond donors (Lipinski definition) is 0. The molecule has 6 nitrogen and oxygen atoms in total. The number of benzene rings is 2. The molecule has 3 amide bonds. The quantitative estimate of drug-likeness (QED) is 0.368. The molecule has 0 saturated carbocycles. The second-order valence-electron chi connectivity index (χ2n) is 7.94. The Morgan fingerprint density at radius 2 is 1.50 bits per heavy atom. The van der Waals surface area contributed by atoms with Crippen molar-refractivity contribution in [1.29, 1.82) is 0 Å². The highest BCUT2D eigenvalue weighted by Gasteiger charge is 2.53. The van der Waals surface area contributed by atoms with Crippen LogP contribution in [0.25, 0.3) is 0 Å². The summed E-state index contributed by atoms with van der Waals surface area (Å²) >= 11 is 11.8. The van der Waals surface area contributed by atoms with Gasteiger partial charge in [0.2, 0.25) is 0 Å². The minimum atomic E-state index is -0.634. The van der Waals surface area contributed by atoms with Crippen molar-refractivity contribution in [2.24, 2.45) is 17.8 Å². The van der Waals surface area contributed by atoms with Crippen LogP contribution in [0.1, 0.15) is 34.1 Å². The fraction of sp³-hybridized carbons (Fsp3) is 0.250. The maximum Gasteiger partial charge on any atom is 0.273 e. The highest BCUT2D eigenvalue weighted by Crippen LogP contribution is 2.39. The number of carbonyl (C=O) groups is 4. The average molecular weight is 471 g/mol. The van der Waals surface area contributed by atoms with Gasteiger partial charge in [-0.15, -0.1) is 0 Å². The van der Waals surface area contributed by atoms with Gasteiger partial charge in [0.25, 0.3) is 17.7 Å². The lowest BCUT2D eigenvalue weighted by Gasteiger charge is -2.30. The molecule has 1 aliphatic carbocycles. The van der Waals surface area contributed by atoms with Gasteiger partial charge in [-0.05, 0) is 60.9 Å². The zero-order chi connectivity index (χ0) is 23.0. The van der Waals surface area contributed by atoms with Gasteiger partial charge >= 0.3 is 0 Å². The standard InChI is InChI=1S/C24H20Cl2N2O4/c1-14-3-2-4-19-21(14)24(32)28(23(19)31)27(22(30)16-7-11-18(26)12-8-16)13-20(29)15-5-9-17(25)10-6-15/h2-3,5-12,14,19,21H,4,13H2,1H3/t14-,19+,21-/m1/s1. The van der Waals surface area contributed by atoms with Gasteiger partial charge in [-0.25, -0.2) is 5.01 Å². The third-order valence-electron chi connectivity index (χ3n) is 5.88. The average Bonchev–Trinajstić information content (AvgIpc) is 3.03. The van der Waals surface area contributed by atoms with Crippen molar-refractivity contribution >= 4 is 46.7 Å². The first-order valence-corrected chi connectivity index (χ1v) is 10.9. The van der Waals surface area contributed by atoms with Crippen molar-refractivity contribution in [3.05, 3.63) is 81.9 Å². The molecule has 0 bridgehead atoms. The summed E-state index contributed by atoms with van der Waals surface area (Å²) in [4.78, 5) is 52.9. The number of amides is 3. The highest BCUT2D eigenvalue weighted by atomic mass is 35.5. The topological polar surface area (TPSA) is 74.8 Å². The number of halogens is 2. The van der Waals surface area contributed by atoms with Gasteiger partial charge in [0.1, 0.15) is 6.54 Å². The van der Waals surface area contributed by atoms with Crippen LogP contribution in [-0.2, 0) is 9.59 Å². The molecule has 32 heavy (non-hydrogen) atoms. The van der Waals surface area contributed by atoms with Crippen LogP contribution in [0.5, 0.6) is 0 Å². The number of ketones is 1. The molecule has 0 N–H and O–H groups in total. The summed E-state index contributed by atoms with van der Waals surface area (Å²) in [5.74, 6) is -3.25. The van der Waals surface area contributed by atoms with E-state index in [9.17, 15) is 19.2 Å². The van der Waals surface area contributed by atoms with E-state index < -0.39 is 41.9 Å². The van der Waals surface area contributed by atoms with Crippen molar-refractivity contribution in [3.8, 4) is 0 Å². The number of rotatable bonds is 5. The number of allylic oxidation sites excluding steroid dienone is 2. The minimum Gasteiger partial charge on any atom is -0.292 e. The lowest BCUT2D eigenvalue weighted by Crippen LogP contribution is -2.52. The molecule has 0 radical (unpaired) electrons. The number of fused-ring (bicyclic) bond motifs is 1. The molecule has 8 heteroatoms. The van der Waals surface area contributed by atoms with Crippen molar-refractivity contribution in [2.45, 2.75) is 13.3 Å². The molecule has 2 aromatic carbocycles. The van der Waals surface area contributed by atoms with Crippen LogP contribution in [0.3, 0.4) is 0 Å². The zero-order valence-corrected chi connectivity index (χ0v) is 18.7. The van der Waals surface area contributed by atoms with Gasteiger partial charge in [0.15, 0.2) is 5.78 Å². The number of hydrazine groups is 1. The second kappa shape index (κ2) is 8.88. The SMILES string of the molecule is C[C@@H]1C=CC[C@@H]2C(=O)N(N(CC(=O)c3ccc(Cl)cc3)C(=O)c3ccc(Cl)cc3)C(=O)[C@H]12. The van der Waals surface area contributed by atoms with E-state index >= 15 is 0 Å². The Morgan fingerprint density at radius 3 is 2.06 bits per heavy atom. The first-order valence-electron chi connectivity index (χ1n) is 10.2. The molecule has 3 atom stereocenters. The summed E-state index contributed by atoms with van der Waals surface area (Å²) in [7, 11) is 0. The molecule has 0 aromatic heterocycles. The normalized spacial score (nSPS) is 22.1. The van der Waals surface area contributed by atoms with E-state index in [1.54, 1.807) is 12.1 Å². The number of Topliss-reactive ketones (excluding diaryl/α,β-unsaturated/α-hetero) is 1. The van der Waals surface area contributed by atoms with Crippen LogP contribution in [-0.4, -0.2) is 40.1 Å². The van der Waals surface area contributed by atoms with Crippen LogP contribution in [0, 0.1) is 17.8 Å². The van der Waals surface area contributed by atoms with E-state index in [1.165, 1.54) is 36.4 Å². The third kappa shape index (κ3) is 4.08. The molecule has 2 aliphatic rings. The van der Waals surface area contributed by atoms with Crippen molar-refractivity contribution < 1.29 is 19.2 Å². The van der Waals surface area contributed by atoms with Gasteiger partial charge in [-0.1, -0.05) is 42.3 Å². The number of hydrogen-bond acceptors (Lipinski definition) is 4. The molecule has 0 spiro atoms. The molecule has 0 unspecified atom stereocenters. The number of nitrogens with zero attached hydrogens (tertiary/aromatic N) is 2. The highest BCUT2D eigenvalue weighted by molar-refractivity contribution is 6.31. The Kier molecular flexibility index (Phi) is 6.17. The van der Waals surface area contributed by atoms with E-state index in [0.717, 1.165) is 10.0 Å². The summed E-state index contributed by atoms with van der Waals surface area (Å²) in [6, 6.07) is 12.3. The van der Waals surface area contributed by atoms with Gasteiger partial charge in [-0.3, -0.25) is 19.2 Å². The summed E-state index contributed by atoms with van der Waals surface area (Å²) < 4.78 is 0. The Bertz CT molecular complexity index is 1110. The van der Waals surface area contributed by atoms with E-state index in [2.05, 4.69) is 0 Å². The van der Waals surface area contributed by atoms with Crippen molar-refractivity contribution in [3.63, 3.8) is 0 Å². The third-order valence-corrected chi connectivity index (χ3v) is 6.38. The lowest BCUT2D eigenvalue weighted by molar-refractivity contribution is -0.154. The maximum absolute atomic E-state index is 13.4. The van der Waals surface area contributed by atoms with Crippen LogP contribution in [0.15, 0.2) is 60.7 Å². The molecule has 1 aliphatic heterocycles. The lowest BCUT2D eigenvalue weighted by atomic mass is 9.78. The monoisotopic (exact) mass is 470 g/mol. The van der Waals surface area contributed by atoms with Gasteiger partial charge in [0, 0.05) is 21.2 Å². The second-order valence-corrected chi connectivity index (χ2v) is 8.82. The predicted octanol–water partition coefficient (Wildman–Crippen LogP) is 4.43. The fourth-order valence-electron chi connectivity index (χ4n) is 4.21. The fourth-order valence-corrected chi connectivity index (χ4v) is 4.46. The first-order chi connectivity index (χ1) is 15.3. The van der Waals surface area contributed by atoms with E-state index in [4.69, 9.17) is 23.2 Å². The molecule has 1 saturated heterocycles. The molecule has 4 rings (SSSR count). The zero-order valence-electron chi connectivity index (χ0n) is 17.2. The predicted molar refractivity (Wildman–Crippen MR) is 120 cm³/mol. The maximum atomic E-state index is 13.4. The molecule has 1 fully saturated rings. The van der Waals surface area contributed by atoms with E-state index in [1.807, 2.05) is 19.1 Å². The first kappa shape index (κ1) is 22.2. The molecule has 164 valence electrons. The summed E-state index contributed by atoms with van der Waals surface area (Å²) in [5.41, 5.74) is 0.523. The van der Waals surface area contributed by atoms with Crippen molar-refractivity contribution in [1.82, 2.24) is 10.0 Å². The van der Waals surface area contributed by atoms with E-state index in [-0.39, 0.29) is 11.5 Å². The van der Waals surface area contributed by atoms with Gasteiger partial charge < -0.3 is 0 Å². The number of imide groups is 1. The van der Waals surface area contributed by atoms with Crippen LogP contribution >= 0.6 is 23.2 Å². The number of carbonyl (C=O) groups excluding carboxylic acids is 4. The molecule has 2 aromatic rings. The van der Waals surface area contributed by atoms with Gasteiger partial charge in [-0.2, -0.15) is 5.01 Å². The van der Waals surface area contributed by atoms with Gasteiger partial charge in [0.05, 0.1) is 11.8 Å². The Morgan fingerprint density at radius 1 is 0.938 bits per heavy atom. The summed E-state index contributed by atoms with van der Waals surface area (Å²) in [5, 5.41) is 2.72. The summed E-state index contributed by atoms with van der Waals surface area (Å²) in [6.45, 7) is 1.40. The summed E-state index contributed by atoms with van der Waals surface area (Å²) in [6.07, 6.45) is 4.20. The smallest absolute Gasteiger partial charge is 0.273 e. The molecular formula is C24H20Cl2N2O4.